The van der Waals surface area contributed by atoms with Gasteiger partial charge in [0.25, 0.3) is 5.91 Å². The summed E-state index contributed by atoms with van der Waals surface area (Å²) in [6.07, 6.45) is 5.19. The second-order valence-corrected chi connectivity index (χ2v) is 7.68. The SMILES string of the molecule is O=C(CCCSc1ccccc1)NN1C(=O)NC2(CCCCC2)C1=O. The first-order valence-electron chi connectivity index (χ1n) is 8.75. The minimum Gasteiger partial charge on any atom is -0.322 e. The van der Waals surface area contributed by atoms with E-state index in [1.165, 1.54) is 0 Å². The summed E-state index contributed by atoms with van der Waals surface area (Å²) in [4.78, 5) is 37.9. The molecule has 1 aromatic carbocycles. The van der Waals surface area contributed by atoms with Crippen molar-refractivity contribution in [1.82, 2.24) is 15.8 Å². The molecule has 0 unspecified atom stereocenters. The highest BCUT2D eigenvalue weighted by Crippen LogP contribution is 2.33. The first kappa shape index (κ1) is 17.8. The van der Waals surface area contributed by atoms with Crippen LogP contribution in [0.1, 0.15) is 44.9 Å². The van der Waals surface area contributed by atoms with Crippen molar-refractivity contribution in [2.75, 3.05) is 5.75 Å². The van der Waals surface area contributed by atoms with Crippen molar-refractivity contribution in [3.63, 3.8) is 0 Å². The Labute approximate surface area is 151 Å². The number of amides is 4. The summed E-state index contributed by atoms with van der Waals surface area (Å²) in [5, 5.41) is 3.65. The van der Waals surface area contributed by atoms with Crippen molar-refractivity contribution in [3.8, 4) is 0 Å². The molecule has 1 saturated carbocycles. The molecular weight excluding hydrogens is 338 g/mol. The quantitative estimate of drug-likeness (QED) is 0.464. The average Bonchev–Trinajstić information content (AvgIpc) is 2.84. The smallest absolute Gasteiger partial charge is 0.322 e. The Balaban J connectivity index is 1.44. The topological polar surface area (TPSA) is 78.5 Å². The van der Waals surface area contributed by atoms with E-state index in [-0.39, 0.29) is 18.2 Å². The van der Waals surface area contributed by atoms with Crippen LogP contribution in [0.25, 0.3) is 0 Å². The third kappa shape index (κ3) is 4.15. The number of hydrogen-bond donors (Lipinski definition) is 2. The minimum atomic E-state index is -0.800. The molecule has 3 rings (SSSR count). The number of urea groups is 1. The van der Waals surface area contributed by atoms with E-state index in [9.17, 15) is 14.4 Å². The van der Waals surface area contributed by atoms with Crippen molar-refractivity contribution >= 4 is 29.6 Å². The zero-order valence-corrected chi connectivity index (χ0v) is 14.9. The van der Waals surface area contributed by atoms with E-state index in [4.69, 9.17) is 0 Å². The van der Waals surface area contributed by atoms with E-state index >= 15 is 0 Å². The number of hydrazine groups is 1. The summed E-state index contributed by atoms with van der Waals surface area (Å²) >= 11 is 1.68. The highest BCUT2D eigenvalue weighted by atomic mass is 32.2. The van der Waals surface area contributed by atoms with Gasteiger partial charge in [-0.2, -0.15) is 5.01 Å². The van der Waals surface area contributed by atoms with Crippen molar-refractivity contribution in [2.24, 2.45) is 0 Å². The molecule has 1 spiro atoms. The molecule has 25 heavy (non-hydrogen) atoms. The van der Waals surface area contributed by atoms with Crippen LogP contribution in [0, 0.1) is 0 Å². The molecule has 1 aliphatic heterocycles. The standard InChI is InChI=1S/C18H23N3O3S/c22-15(10-7-13-25-14-8-3-1-4-9-14)20-21-16(23)18(19-17(21)24)11-5-2-6-12-18/h1,3-4,8-9H,2,5-7,10-13H2,(H,19,24)(H,20,22). The maximum absolute atomic E-state index is 12.6. The largest absolute Gasteiger partial charge is 0.344 e. The van der Waals surface area contributed by atoms with Gasteiger partial charge in [0.1, 0.15) is 5.54 Å². The summed E-state index contributed by atoms with van der Waals surface area (Å²) in [6.45, 7) is 0. The van der Waals surface area contributed by atoms with Crippen LogP contribution in [0.4, 0.5) is 4.79 Å². The molecule has 0 atom stereocenters. The highest BCUT2D eigenvalue weighted by molar-refractivity contribution is 7.99. The first-order chi connectivity index (χ1) is 12.1. The number of rotatable bonds is 6. The average molecular weight is 361 g/mol. The van der Waals surface area contributed by atoms with Gasteiger partial charge in [-0.3, -0.25) is 15.0 Å². The first-order valence-corrected chi connectivity index (χ1v) is 9.73. The second-order valence-electron chi connectivity index (χ2n) is 6.51. The monoisotopic (exact) mass is 361 g/mol. The van der Waals surface area contributed by atoms with Gasteiger partial charge in [-0.25, -0.2) is 4.79 Å². The van der Waals surface area contributed by atoms with Gasteiger partial charge in [-0.1, -0.05) is 37.5 Å². The number of hydrogen-bond acceptors (Lipinski definition) is 4. The van der Waals surface area contributed by atoms with Crippen LogP contribution in [-0.2, 0) is 9.59 Å². The number of nitrogens with one attached hydrogen (secondary N) is 2. The molecule has 6 nitrogen and oxygen atoms in total. The van der Waals surface area contributed by atoms with E-state index in [0.717, 1.165) is 34.9 Å². The maximum Gasteiger partial charge on any atom is 0.344 e. The van der Waals surface area contributed by atoms with E-state index in [1.54, 1.807) is 11.8 Å². The van der Waals surface area contributed by atoms with Crippen LogP contribution >= 0.6 is 11.8 Å². The van der Waals surface area contributed by atoms with Gasteiger partial charge in [0.2, 0.25) is 5.91 Å². The van der Waals surface area contributed by atoms with Gasteiger partial charge >= 0.3 is 6.03 Å². The molecule has 2 N–H and O–H groups in total. The van der Waals surface area contributed by atoms with Crippen LogP contribution in [0.3, 0.4) is 0 Å². The Bertz CT molecular complexity index is 644. The van der Waals surface area contributed by atoms with Crippen LogP contribution in [0.15, 0.2) is 35.2 Å². The predicted molar refractivity (Wildman–Crippen MR) is 95.7 cm³/mol. The van der Waals surface area contributed by atoms with Gasteiger partial charge in [0, 0.05) is 11.3 Å². The van der Waals surface area contributed by atoms with Crippen molar-refractivity contribution in [3.05, 3.63) is 30.3 Å². The summed E-state index contributed by atoms with van der Waals surface area (Å²) in [7, 11) is 0. The van der Waals surface area contributed by atoms with Crippen LogP contribution < -0.4 is 10.7 Å². The van der Waals surface area contributed by atoms with Gasteiger partial charge < -0.3 is 5.32 Å². The van der Waals surface area contributed by atoms with Crippen LogP contribution in [0.5, 0.6) is 0 Å². The number of benzene rings is 1. The number of nitrogens with zero attached hydrogens (tertiary/aromatic N) is 1. The van der Waals surface area contributed by atoms with Crippen LogP contribution in [0.2, 0.25) is 0 Å². The summed E-state index contributed by atoms with van der Waals surface area (Å²) < 4.78 is 0. The van der Waals surface area contributed by atoms with Gasteiger partial charge in [-0.05, 0) is 37.1 Å². The number of carbonyl (C=O) groups is 3. The number of imide groups is 1. The van der Waals surface area contributed by atoms with E-state index in [0.29, 0.717) is 19.3 Å². The fourth-order valence-corrected chi connectivity index (χ4v) is 4.21. The number of carbonyl (C=O) groups excluding carboxylic acids is 3. The van der Waals surface area contributed by atoms with Crippen molar-refractivity contribution < 1.29 is 14.4 Å². The molecule has 0 aromatic heterocycles. The zero-order valence-electron chi connectivity index (χ0n) is 14.1. The molecule has 1 heterocycles. The lowest BCUT2D eigenvalue weighted by molar-refractivity contribution is -0.139. The maximum atomic E-state index is 12.6. The summed E-state index contributed by atoms with van der Waals surface area (Å²) in [6, 6.07) is 9.47. The molecule has 1 aromatic rings. The molecule has 2 aliphatic rings. The van der Waals surface area contributed by atoms with Crippen LogP contribution in [-0.4, -0.2) is 34.1 Å². The van der Waals surface area contributed by atoms with E-state index in [1.807, 2.05) is 30.3 Å². The highest BCUT2D eigenvalue weighted by Gasteiger charge is 2.52. The molecule has 1 saturated heterocycles. The molecule has 1 aliphatic carbocycles. The molecule has 2 fully saturated rings. The fourth-order valence-electron chi connectivity index (χ4n) is 3.34. The molecule has 4 amide bonds. The van der Waals surface area contributed by atoms with Gasteiger partial charge in [-0.15, -0.1) is 11.8 Å². The van der Waals surface area contributed by atoms with Crippen molar-refractivity contribution in [1.29, 1.82) is 0 Å². The lowest BCUT2D eigenvalue weighted by atomic mass is 9.82. The lowest BCUT2D eigenvalue weighted by Gasteiger charge is -2.30. The molecule has 7 heteroatoms. The normalized spacial score (nSPS) is 19.1. The van der Waals surface area contributed by atoms with Crippen molar-refractivity contribution in [2.45, 2.75) is 55.4 Å². The second kappa shape index (κ2) is 7.91. The van der Waals surface area contributed by atoms with Gasteiger partial charge in [0.05, 0.1) is 0 Å². The Hall–Kier alpha value is -2.02. The fraction of sp³-hybridized carbons (Fsp3) is 0.500. The summed E-state index contributed by atoms with van der Waals surface area (Å²) in [5.74, 6) is 0.191. The Morgan fingerprint density at radius 3 is 2.60 bits per heavy atom. The summed E-state index contributed by atoms with van der Waals surface area (Å²) in [5.41, 5.74) is 1.67. The molecular formula is C18H23N3O3S. The molecule has 134 valence electrons. The Morgan fingerprint density at radius 1 is 1.16 bits per heavy atom. The Morgan fingerprint density at radius 2 is 1.88 bits per heavy atom. The Kier molecular flexibility index (Phi) is 5.63. The van der Waals surface area contributed by atoms with E-state index in [2.05, 4.69) is 10.7 Å². The molecule has 0 bridgehead atoms. The van der Waals surface area contributed by atoms with E-state index < -0.39 is 11.6 Å². The van der Waals surface area contributed by atoms with Gasteiger partial charge in [0.15, 0.2) is 0 Å². The third-order valence-electron chi connectivity index (χ3n) is 4.67. The lowest BCUT2D eigenvalue weighted by Crippen LogP contribution is -2.50. The minimum absolute atomic E-state index is 0.282. The number of thioether (sulfide) groups is 1. The zero-order chi connectivity index (χ0) is 17.7. The predicted octanol–water partition coefficient (Wildman–Crippen LogP) is 2.84. The third-order valence-corrected chi connectivity index (χ3v) is 5.76. The molecule has 0 radical (unpaired) electrons.